The molecule has 1 saturated heterocycles. The first kappa shape index (κ1) is 12.9. The quantitative estimate of drug-likeness (QED) is 0.850. The second-order valence-electron chi connectivity index (χ2n) is 5.02. The number of carbonyl (C=O) groups excluding carboxylic acids is 1. The fourth-order valence-electron chi connectivity index (χ4n) is 2.78. The number of hydrogen-bond acceptors (Lipinski definition) is 3. The maximum atomic E-state index is 12.6. The summed E-state index contributed by atoms with van der Waals surface area (Å²) in [5, 5.41) is 3.97. The number of rotatable bonds is 1. The Hall–Kier alpha value is -1.10. The molecule has 19 heavy (non-hydrogen) atoms. The molecule has 2 heterocycles. The fourth-order valence-corrected chi connectivity index (χ4v) is 2.97. The first-order valence-electron chi connectivity index (χ1n) is 6.61. The van der Waals surface area contributed by atoms with Gasteiger partial charge in [0.05, 0.1) is 12.7 Å². The summed E-state index contributed by atoms with van der Waals surface area (Å²) in [6.07, 6.45) is 0.779. The average molecular weight is 281 g/mol. The molecule has 3 rings (SSSR count). The van der Waals surface area contributed by atoms with Crippen LogP contribution >= 0.6 is 11.6 Å². The van der Waals surface area contributed by atoms with Crippen LogP contribution in [0, 0.1) is 0 Å². The summed E-state index contributed by atoms with van der Waals surface area (Å²) in [7, 11) is 0. The van der Waals surface area contributed by atoms with Gasteiger partial charge < -0.3 is 15.0 Å². The zero-order chi connectivity index (χ0) is 13.4. The van der Waals surface area contributed by atoms with Crippen molar-refractivity contribution in [3.05, 3.63) is 28.8 Å². The number of ether oxygens (including phenoxy) is 1. The van der Waals surface area contributed by atoms with E-state index in [2.05, 4.69) is 5.32 Å². The molecule has 5 heteroatoms. The van der Waals surface area contributed by atoms with E-state index in [0.29, 0.717) is 6.61 Å². The molecule has 1 aromatic rings. The minimum absolute atomic E-state index is 0.0856. The van der Waals surface area contributed by atoms with E-state index >= 15 is 0 Å². The third-order valence-electron chi connectivity index (χ3n) is 3.79. The van der Waals surface area contributed by atoms with E-state index in [9.17, 15) is 4.79 Å². The van der Waals surface area contributed by atoms with Gasteiger partial charge in [0, 0.05) is 23.8 Å². The molecule has 1 N–H and O–H groups in total. The molecular weight excluding hydrogens is 264 g/mol. The number of morpholine rings is 1. The minimum atomic E-state index is -0.254. The monoisotopic (exact) mass is 280 g/mol. The molecule has 0 saturated carbocycles. The van der Waals surface area contributed by atoms with Crippen LogP contribution in [0.1, 0.15) is 12.5 Å². The van der Waals surface area contributed by atoms with Crippen LogP contribution in [0.2, 0.25) is 5.02 Å². The first-order chi connectivity index (χ1) is 9.16. The summed E-state index contributed by atoms with van der Waals surface area (Å²) >= 11 is 5.99. The standard InChI is InChI=1S/C14H17ClN2O2/c1-9-13(16-5-7-19-9)14(18)17-6-4-10-8-11(15)2-3-12(10)17/h2-3,8-9,13,16H,4-7H2,1H3/t9-,13+/m0/s1. The molecule has 0 aromatic heterocycles. The van der Waals surface area contributed by atoms with Gasteiger partial charge in [0.1, 0.15) is 6.04 Å². The highest BCUT2D eigenvalue weighted by atomic mass is 35.5. The van der Waals surface area contributed by atoms with Gasteiger partial charge in [-0.25, -0.2) is 0 Å². The molecule has 1 fully saturated rings. The van der Waals surface area contributed by atoms with Gasteiger partial charge in [0.2, 0.25) is 5.91 Å². The normalized spacial score (nSPS) is 26.3. The van der Waals surface area contributed by atoms with Crippen molar-refractivity contribution in [1.29, 1.82) is 0 Å². The lowest BCUT2D eigenvalue weighted by Crippen LogP contribution is -2.56. The summed E-state index contributed by atoms with van der Waals surface area (Å²) in [4.78, 5) is 14.5. The van der Waals surface area contributed by atoms with Gasteiger partial charge in [-0.15, -0.1) is 0 Å². The summed E-state index contributed by atoms with van der Waals surface area (Å²) < 4.78 is 5.55. The van der Waals surface area contributed by atoms with Gasteiger partial charge in [0.25, 0.3) is 0 Å². The second-order valence-corrected chi connectivity index (χ2v) is 5.46. The van der Waals surface area contributed by atoms with Gasteiger partial charge in [-0.1, -0.05) is 11.6 Å². The topological polar surface area (TPSA) is 41.6 Å². The third kappa shape index (κ3) is 2.36. The predicted octanol–water partition coefficient (Wildman–Crippen LogP) is 1.61. The van der Waals surface area contributed by atoms with E-state index in [1.165, 1.54) is 0 Å². The number of amides is 1. The molecule has 1 amide bonds. The SMILES string of the molecule is C[C@@H]1OCCN[C@H]1C(=O)N1CCc2cc(Cl)ccc21. The van der Waals surface area contributed by atoms with E-state index < -0.39 is 0 Å². The molecular formula is C14H17ClN2O2. The number of benzene rings is 1. The number of fused-ring (bicyclic) bond motifs is 1. The smallest absolute Gasteiger partial charge is 0.246 e. The molecule has 0 unspecified atom stereocenters. The molecule has 0 spiro atoms. The van der Waals surface area contributed by atoms with Crippen molar-refractivity contribution in [1.82, 2.24) is 5.32 Å². The number of halogens is 1. The van der Waals surface area contributed by atoms with Crippen molar-refractivity contribution in [3.63, 3.8) is 0 Å². The number of hydrogen-bond donors (Lipinski definition) is 1. The molecule has 2 aliphatic rings. The second kappa shape index (κ2) is 5.12. The Labute approximate surface area is 117 Å². The fraction of sp³-hybridized carbons (Fsp3) is 0.500. The van der Waals surface area contributed by atoms with Crippen LogP contribution in [0.3, 0.4) is 0 Å². The zero-order valence-corrected chi connectivity index (χ0v) is 11.6. The Bertz CT molecular complexity index is 506. The Morgan fingerprint density at radius 2 is 2.37 bits per heavy atom. The Kier molecular flexibility index (Phi) is 3.48. The zero-order valence-electron chi connectivity index (χ0n) is 10.9. The highest BCUT2D eigenvalue weighted by Crippen LogP contribution is 2.31. The molecule has 2 aliphatic heterocycles. The summed E-state index contributed by atoms with van der Waals surface area (Å²) in [5.41, 5.74) is 2.12. The summed E-state index contributed by atoms with van der Waals surface area (Å²) in [6, 6.07) is 5.45. The maximum absolute atomic E-state index is 12.6. The Morgan fingerprint density at radius 3 is 3.16 bits per heavy atom. The number of nitrogens with zero attached hydrogens (tertiary/aromatic N) is 1. The molecule has 0 aliphatic carbocycles. The van der Waals surface area contributed by atoms with Crippen molar-refractivity contribution in [2.75, 3.05) is 24.6 Å². The van der Waals surface area contributed by atoms with E-state index in [1.807, 2.05) is 30.0 Å². The molecule has 0 radical (unpaired) electrons. The third-order valence-corrected chi connectivity index (χ3v) is 4.02. The van der Waals surface area contributed by atoms with Crippen molar-refractivity contribution in [3.8, 4) is 0 Å². The molecule has 2 atom stereocenters. The lowest BCUT2D eigenvalue weighted by atomic mass is 10.1. The van der Waals surface area contributed by atoms with Crippen LogP contribution in [0.5, 0.6) is 0 Å². The summed E-state index contributed by atoms with van der Waals surface area (Å²) in [5.74, 6) is 0.0910. The van der Waals surface area contributed by atoms with Gasteiger partial charge in [-0.2, -0.15) is 0 Å². The lowest BCUT2D eigenvalue weighted by molar-refractivity contribution is -0.126. The molecule has 1 aromatic carbocycles. The van der Waals surface area contributed by atoms with Gasteiger partial charge in [-0.05, 0) is 37.1 Å². The van der Waals surface area contributed by atoms with Crippen molar-refractivity contribution in [2.24, 2.45) is 0 Å². The van der Waals surface area contributed by atoms with E-state index in [1.54, 1.807) is 0 Å². The van der Waals surface area contributed by atoms with Gasteiger partial charge in [0.15, 0.2) is 0 Å². The van der Waals surface area contributed by atoms with E-state index in [-0.39, 0.29) is 18.1 Å². The Morgan fingerprint density at radius 1 is 1.53 bits per heavy atom. The average Bonchev–Trinajstić information content (AvgIpc) is 2.81. The molecule has 0 bridgehead atoms. The Balaban J connectivity index is 1.83. The van der Waals surface area contributed by atoms with Gasteiger partial charge in [-0.3, -0.25) is 4.79 Å². The lowest BCUT2D eigenvalue weighted by Gasteiger charge is -2.32. The van der Waals surface area contributed by atoms with Crippen LogP contribution < -0.4 is 10.2 Å². The van der Waals surface area contributed by atoms with E-state index in [0.717, 1.165) is 35.8 Å². The molecule has 102 valence electrons. The highest BCUT2D eigenvalue weighted by Gasteiger charge is 2.35. The predicted molar refractivity (Wildman–Crippen MR) is 74.7 cm³/mol. The summed E-state index contributed by atoms with van der Waals surface area (Å²) in [6.45, 7) is 4.05. The van der Waals surface area contributed by atoms with Crippen LogP contribution in [-0.2, 0) is 16.0 Å². The van der Waals surface area contributed by atoms with Crippen LogP contribution in [0.15, 0.2) is 18.2 Å². The van der Waals surface area contributed by atoms with Crippen molar-refractivity contribution < 1.29 is 9.53 Å². The maximum Gasteiger partial charge on any atom is 0.246 e. The van der Waals surface area contributed by atoms with Crippen molar-refractivity contribution in [2.45, 2.75) is 25.5 Å². The van der Waals surface area contributed by atoms with Crippen LogP contribution in [-0.4, -0.2) is 37.7 Å². The van der Waals surface area contributed by atoms with Gasteiger partial charge >= 0.3 is 0 Å². The highest BCUT2D eigenvalue weighted by molar-refractivity contribution is 6.30. The van der Waals surface area contributed by atoms with Crippen LogP contribution in [0.4, 0.5) is 5.69 Å². The van der Waals surface area contributed by atoms with Crippen molar-refractivity contribution >= 4 is 23.2 Å². The number of carbonyl (C=O) groups is 1. The first-order valence-corrected chi connectivity index (χ1v) is 6.99. The number of anilines is 1. The minimum Gasteiger partial charge on any atom is -0.375 e. The van der Waals surface area contributed by atoms with E-state index in [4.69, 9.17) is 16.3 Å². The number of nitrogens with one attached hydrogen (secondary N) is 1. The van der Waals surface area contributed by atoms with Crippen LogP contribution in [0.25, 0.3) is 0 Å². The largest absolute Gasteiger partial charge is 0.375 e. The molecule has 4 nitrogen and oxygen atoms in total.